The van der Waals surface area contributed by atoms with Gasteiger partial charge in [0.2, 0.25) is 0 Å². The first-order valence-electron chi connectivity index (χ1n) is 5.41. The smallest absolute Gasteiger partial charge is 0.0656 e. The van der Waals surface area contributed by atoms with Crippen LogP contribution in [0.3, 0.4) is 0 Å². The van der Waals surface area contributed by atoms with E-state index in [9.17, 15) is 0 Å². The molecule has 0 aliphatic rings. The Bertz CT molecular complexity index is 480. The van der Waals surface area contributed by atoms with Crippen LogP contribution >= 0.6 is 61.2 Å². The van der Waals surface area contributed by atoms with Crippen molar-refractivity contribution in [3.8, 4) is 0 Å². The summed E-state index contributed by atoms with van der Waals surface area (Å²) in [4.78, 5) is 0. The third-order valence-electron chi connectivity index (χ3n) is 2.47. The zero-order valence-corrected chi connectivity index (χ0v) is 14.7. The molecule has 92 valence electrons. The predicted molar refractivity (Wildman–Crippen MR) is 89.2 cm³/mol. The Labute approximate surface area is 132 Å². The highest BCUT2D eigenvalue weighted by Gasteiger charge is 2.17. The van der Waals surface area contributed by atoms with Crippen molar-refractivity contribution in [1.29, 1.82) is 0 Å². The van der Waals surface area contributed by atoms with Crippen LogP contribution in [0.15, 0.2) is 26.7 Å². The summed E-state index contributed by atoms with van der Waals surface area (Å²) in [5.74, 6) is 0. The molecule has 0 bridgehead atoms. The highest BCUT2D eigenvalue weighted by Crippen LogP contribution is 2.33. The van der Waals surface area contributed by atoms with Crippen LogP contribution in [-0.4, -0.2) is 6.54 Å². The summed E-state index contributed by atoms with van der Waals surface area (Å²) in [7, 11) is 0. The van der Waals surface area contributed by atoms with Gasteiger partial charge in [0.1, 0.15) is 0 Å². The minimum atomic E-state index is 0.315. The first-order valence-corrected chi connectivity index (χ1v) is 9.10. The molecule has 0 radical (unpaired) electrons. The maximum atomic E-state index is 3.63. The van der Waals surface area contributed by atoms with Gasteiger partial charge in [0.25, 0.3) is 0 Å². The van der Waals surface area contributed by atoms with E-state index in [1.54, 1.807) is 22.7 Å². The Balaban J connectivity index is 2.28. The maximum Gasteiger partial charge on any atom is 0.0656 e. The fraction of sp³-hybridized carbons (Fsp3) is 0.333. The van der Waals surface area contributed by atoms with Gasteiger partial charge in [-0.3, -0.25) is 0 Å². The lowest BCUT2D eigenvalue weighted by molar-refractivity contribution is 0.599. The van der Waals surface area contributed by atoms with Crippen molar-refractivity contribution in [1.82, 2.24) is 5.32 Å². The fourth-order valence-corrected chi connectivity index (χ4v) is 4.62. The van der Waals surface area contributed by atoms with Gasteiger partial charge < -0.3 is 5.32 Å². The van der Waals surface area contributed by atoms with Crippen LogP contribution in [0.4, 0.5) is 0 Å². The third-order valence-corrected chi connectivity index (χ3v) is 6.03. The average molecular weight is 442 g/mol. The van der Waals surface area contributed by atoms with Crippen molar-refractivity contribution in [2.75, 3.05) is 6.54 Å². The first kappa shape index (κ1) is 14.0. The van der Waals surface area contributed by atoms with E-state index in [1.165, 1.54) is 18.5 Å². The molecule has 0 spiro atoms. The van der Waals surface area contributed by atoms with E-state index < -0.39 is 0 Å². The standard InChI is InChI=1S/C12H13BrINS2/c1-2-3-15-12(8-4-11(14)17-5-8)9-6-16-7-10(9)13/h4-7,12,15H,2-3H2,1H3. The van der Waals surface area contributed by atoms with Crippen LogP contribution in [0.2, 0.25) is 0 Å². The van der Waals surface area contributed by atoms with Crippen molar-refractivity contribution in [2.24, 2.45) is 0 Å². The van der Waals surface area contributed by atoms with E-state index in [-0.39, 0.29) is 0 Å². The number of hydrogen-bond donors (Lipinski definition) is 1. The largest absolute Gasteiger partial charge is 0.306 e. The van der Waals surface area contributed by atoms with Gasteiger partial charge in [0.05, 0.1) is 8.93 Å². The van der Waals surface area contributed by atoms with E-state index in [4.69, 9.17) is 0 Å². The minimum Gasteiger partial charge on any atom is -0.306 e. The quantitative estimate of drug-likeness (QED) is 0.623. The van der Waals surface area contributed by atoms with E-state index >= 15 is 0 Å². The molecule has 17 heavy (non-hydrogen) atoms. The first-order chi connectivity index (χ1) is 8.22. The molecule has 1 unspecified atom stereocenters. The van der Waals surface area contributed by atoms with Crippen LogP contribution in [0.5, 0.6) is 0 Å². The topological polar surface area (TPSA) is 12.0 Å². The SMILES string of the molecule is CCCNC(c1csc(I)c1)c1cscc1Br. The van der Waals surface area contributed by atoms with Crippen molar-refractivity contribution >= 4 is 61.2 Å². The third kappa shape index (κ3) is 3.53. The lowest BCUT2D eigenvalue weighted by atomic mass is 10.0. The molecule has 2 rings (SSSR count). The summed E-state index contributed by atoms with van der Waals surface area (Å²) >= 11 is 9.56. The van der Waals surface area contributed by atoms with E-state index in [1.807, 2.05) is 0 Å². The summed E-state index contributed by atoms with van der Waals surface area (Å²) in [6.07, 6.45) is 1.15. The fourth-order valence-electron chi connectivity index (χ4n) is 1.67. The van der Waals surface area contributed by atoms with Gasteiger partial charge >= 0.3 is 0 Å². The number of thiophene rings is 2. The lowest BCUT2D eigenvalue weighted by Crippen LogP contribution is -2.22. The molecule has 0 saturated heterocycles. The molecule has 0 saturated carbocycles. The number of hydrogen-bond acceptors (Lipinski definition) is 3. The second-order valence-electron chi connectivity index (χ2n) is 3.75. The molecule has 1 atom stereocenters. The van der Waals surface area contributed by atoms with Gasteiger partial charge in [-0.05, 0) is 79.4 Å². The second kappa shape index (κ2) is 6.65. The van der Waals surface area contributed by atoms with Crippen LogP contribution < -0.4 is 5.32 Å². The summed E-state index contributed by atoms with van der Waals surface area (Å²) in [5, 5.41) is 10.2. The number of halogens is 2. The number of rotatable bonds is 5. The van der Waals surface area contributed by atoms with Gasteiger partial charge in [-0.25, -0.2) is 0 Å². The zero-order chi connectivity index (χ0) is 12.3. The molecule has 0 aromatic carbocycles. The van der Waals surface area contributed by atoms with Gasteiger partial charge in [-0.15, -0.1) is 11.3 Å². The molecule has 0 aliphatic carbocycles. The molecular formula is C12H13BrINS2. The molecule has 0 fully saturated rings. The summed E-state index contributed by atoms with van der Waals surface area (Å²) in [6.45, 7) is 3.24. The molecule has 2 aromatic heterocycles. The molecule has 5 heteroatoms. The summed E-state index contributed by atoms with van der Waals surface area (Å²) in [5.41, 5.74) is 2.71. The molecule has 2 aromatic rings. The van der Waals surface area contributed by atoms with Gasteiger partial charge in [-0.1, -0.05) is 6.92 Å². The predicted octanol–water partition coefficient (Wildman–Crippen LogP) is 5.27. The van der Waals surface area contributed by atoms with Crippen molar-refractivity contribution in [3.63, 3.8) is 0 Å². The van der Waals surface area contributed by atoms with Gasteiger partial charge in [0.15, 0.2) is 0 Å². The Morgan fingerprint density at radius 1 is 1.41 bits per heavy atom. The highest BCUT2D eigenvalue weighted by atomic mass is 127. The average Bonchev–Trinajstić information content (AvgIpc) is 2.90. The highest BCUT2D eigenvalue weighted by molar-refractivity contribution is 14.1. The van der Waals surface area contributed by atoms with Gasteiger partial charge in [0, 0.05) is 9.85 Å². The van der Waals surface area contributed by atoms with Crippen molar-refractivity contribution in [3.05, 3.63) is 40.7 Å². The van der Waals surface area contributed by atoms with E-state index in [0.717, 1.165) is 13.0 Å². The Hall–Kier alpha value is 0.570. The minimum absolute atomic E-state index is 0.315. The van der Waals surface area contributed by atoms with E-state index in [2.05, 4.69) is 73.0 Å². The van der Waals surface area contributed by atoms with Gasteiger partial charge in [-0.2, -0.15) is 11.3 Å². The van der Waals surface area contributed by atoms with Crippen LogP contribution in [-0.2, 0) is 0 Å². The Morgan fingerprint density at radius 2 is 2.24 bits per heavy atom. The van der Waals surface area contributed by atoms with E-state index in [0.29, 0.717) is 6.04 Å². The lowest BCUT2D eigenvalue weighted by Gasteiger charge is -2.17. The maximum absolute atomic E-state index is 3.63. The zero-order valence-electron chi connectivity index (χ0n) is 9.37. The monoisotopic (exact) mass is 441 g/mol. The molecule has 1 nitrogen and oxygen atoms in total. The van der Waals surface area contributed by atoms with Crippen LogP contribution in [0.25, 0.3) is 0 Å². The molecular weight excluding hydrogens is 429 g/mol. The normalized spacial score (nSPS) is 12.9. The Kier molecular flexibility index (Phi) is 5.48. The summed E-state index contributed by atoms with van der Waals surface area (Å²) in [6, 6.07) is 2.58. The summed E-state index contributed by atoms with van der Waals surface area (Å²) < 4.78 is 2.55. The molecule has 0 amide bonds. The Morgan fingerprint density at radius 3 is 2.76 bits per heavy atom. The molecule has 0 aliphatic heterocycles. The molecule has 1 N–H and O–H groups in total. The van der Waals surface area contributed by atoms with Crippen molar-refractivity contribution < 1.29 is 0 Å². The second-order valence-corrected chi connectivity index (χ2v) is 8.15. The van der Waals surface area contributed by atoms with Crippen molar-refractivity contribution in [2.45, 2.75) is 19.4 Å². The van der Waals surface area contributed by atoms with Crippen LogP contribution in [0, 0.1) is 2.88 Å². The van der Waals surface area contributed by atoms with Crippen LogP contribution in [0.1, 0.15) is 30.5 Å². The number of nitrogens with one attached hydrogen (secondary N) is 1. The molecule has 2 heterocycles.